The second-order valence-corrected chi connectivity index (χ2v) is 9.78. The van der Waals surface area contributed by atoms with Crippen molar-refractivity contribution in [2.75, 3.05) is 31.1 Å². The Labute approximate surface area is 180 Å². The molecule has 6 nitrogen and oxygen atoms in total. The van der Waals surface area contributed by atoms with Crippen LogP contribution in [-0.4, -0.2) is 46.2 Å². The Hall–Kier alpha value is -2.38. The highest BCUT2D eigenvalue weighted by Gasteiger charge is 2.27. The second-order valence-electron chi connectivity index (χ2n) is 8.70. The molecule has 2 atom stereocenters. The number of phenols is 1. The van der Waals surface area contributed by atoms with Gasteiger partial charge in [0.15, 0.2) is 0 Å². The fourth-order valence-electron chi connectivity index (χ4n) is 4.77. The molecule has 1 fully saturated rings. The van der Waals surface area contributed by atoms with Gasteiger partial charge in [-0.15, -0.1) is 11.3 Å². The van der Waals surface area contributed by atoms with Crippen LogP contribution in [0, 0.1) is 5.92 Å². The zero-order chi connectivity index (χ0) is 20.8. The number of aromatic amines is 1. The Morgan fingerprint density at radius 1 is 1.20 bits per heavy atom. The Kier molecular flexibility index (Phi) is 5.03. The topological polar surface area (TPSA) is 72.5 Å². The van der Waals surface area contributed by atoms with Crippen molar-refractivity contribution in [2.45, 2.75) is 39.2 Å². The summed E-state index contributed by atoms with van der Waals surface area (Å²) in [5.74, 6) is 1.76. The zero-order valence-corrected chi connectivity index (χ0v) is 18.3. The fourth-order valence-corrected chi connectivity index (χ4v) is 6.16. The lowest BCUT2D eigenvalue weighted by atomic mass is 9.89. The largest absolute Gasteiger partial charge is 0.508 e. The number of benzene rings is 1. The number of anilines is 1. The number of piperazine rings is 1. The van der Waals surface area contributed by atoms with Gasteiger partial charge < -0.3 is 15.0 Å². The molecule has 3 heterocycles. The van der Waals surface area contributed by atoms with Crippen molar-refractivity contribution in [3.05, 3.63) is 50.9 Å². The van der Waals surface area contributed by atoms with E-state index in [0.717, 1.165) is 67.2 Å². The lowest BCUT2D eigenvalue weighted by Crippen LogP contribution is -2.47. The average Bonchev–Trinajstić information content (AvgIpc) is 3.11. The SMILES string of the molecule is C[C@@H]1CCc2c(sc3nc([C@@H](C)N4CCN(c5ccc(O)cc5)CC4)[nH]c(=O)c23)C1. The molecule has 30 heavy (non-hydrogen) atoms. The van der Waals surface area contributed by atoms with Crippen LogP contribution in [0.25, 0.3) is 10.2 Å². The molecule has 1 saturated heterocycles. The van der Waals surface area contributed by atoms with E-state index in [4.69, 9.17) is 4.98 Å². The maximum absolute atomic E-state index is 12.9. The van der Waals surface area contributed by atoms with Crippen molar-refractivity contribution in [3.63, 3.8) is 0 Å². The minimum atomic E-state index is 0.0247. The number of H-pyrrole nitrogens is 1. The molecule has 3 aromatic rings. The van der Waals surface area contributed by atoms with Gasteiger partial charge in [0.1, 0.15) is 16.4 Å². The molecule has 158 valence electrons. The molecule has 2 N–H and O–H groups in total. The zero-order valence-electron chi connectivity index (χ0n) is 17.5. The van der Waals surface area contributed by atoms with Gasteiger partial charge in [-0.2, -0.15) is 0 Å². The van der Waals surface area contributed by atoms with Gasteiger partial charge in [0.2, 0.25) is 0 Å². The van der Waals surface area contributed by atoms with E-state index in [1.165, 1.54) is 10.4 Å². The van der Waals surface area contributed by atoms with E-state index in [2.05, 4.69) is 28.6 Å². The maximum Gasteiger partial charge on any atom is 0.259 e. The molecule has 0 radical (unpaired) electrons. The summed E-state index contributed by atoms with van der Waals surface area (Å²) >= 11 is 1.72. The molecule has 2 aliphatic rings. The van der Waals surface area contributed by atoms with E-state index in [0.29, 0.717) is 11.7 Å². The number of aromatic nitrogens is 2. The molecule has 0 bridgehead atoms. The van der Waals surface area contributed by atoms with Crippen LogP contribution >= 0.6 is 11.3 Å². The second kappa shape index (κ2) is 7.71. The van der Waals surface area contributed by atoms with E-state index in [1.54, 1.807) is 23.5 Å². The van der Waals surface area contributed by atoms with Crippen LogP contribution in [0.3, 0.4) is 0 Å². The molecule has 2 aromatic heterocycles. The molecule has 1 aliphatic carbocycles. The number of hydrogen-bond acceptors (Lipinski definition) is 6. The number of thiophene rings is 1. The predicted octanol–water partition coefficient (Wildman–Crippen LogP) is 3.70. The standard InChI is InChI=1S/C23H28N4O2S/c1-14-3-8-18-19(13-14)30-23-20(18)22(29)24-21(25-23)15(2)26-9-11-27(12-10-26)16-4-6-17(28)7-5-16/h4-7,14-15,28H,3,8-13H2,1-2H3,(H,24,25,29)/t14-,15-/m1/s1. The first-order chi connectivity index (χ1) is 14.5. The number of nitrogens with one attached hydrogen (secondary N) is 1. The first-order valence-electron chi connectivity index (χ1n) is 10.8. The van der Waals surface area contributed by atoms with E-state index < -0.39 is 0 Å². The summed E-state index contributed by atoms with van der Waals surface area (Å²) in [7, 11) is 0. The Balaban J connectivity index is 1.34. The minimum Gasteiger partial charge on any atom is -0.508 e. The smallest absolute Gasteiger partial charge is 0.259 e. The molecule has 1 aromatic carbocycles. The first kappa shape index (κ1) is 19.6. The first-order valence-corrected chi connectivity index (χ1v) is 11.6. The molecule has 7 heteroatoms. The number of phenolic OH excluding ortho intramolecular Hbond substituents is 1. The van der Waals surface area contributed by atoms with E-state index in [1.807, 2.05) is 12.1 Å². The third kappa shape index (κ3) is 3.50. The van der Waals surface area contributed by atoms with Gasteiger partial charge >= 0.3 is 0 Å². The molecule has 0 spiro atoms. The summed E-state index contributed by atoms with van der Waals surface area (Å²) in [5, 5.41) is 10.3. The quantitative estimate of drug-likeness (QED) is 0.671. The number of nitrogens with zero attached hydrogens (tertiary/aromatic N) is 3. The minimum absolute atomic E-state index is 0.0247. The molecule has 0 unspecified atom stereocenters. The summed E-state index contributed by atoms with van der Waals surface area (Å²) in [6.07, 6.45) is 3.22. The van der Waals surface area contributed by atoms with Crippen molar-refractivity contribution < 1.29 is 5.11 Å². The Morgan fingerprint density at radius 3 is 2.67 bits per heavy atom. The van der Waals surface area contributed by atoms with Gasteiger partial charge in [0.05, 0.1) is 11.4 Å². The predicted molar refractivity (Wildman–Crippen MR) is 122 cm³/mol. The summed E-state index contributed by atoms with van der Waals surface area (Å²) < 4.78 is 0. The van der Waals surface area contributed by atoms with Crippen LogP contribution < -0.4 is 10.5 Å². The Morgan fingerprint density at radius 2 is 1.93 bits per heavy atom. The number of hydrogen-bond donors (Lipinski definition) is 2. The van der Waals surface area contributed by atoms with Crippen molar-refractivity contribution in [2.24, 2.45) is 5.92 Å². The lowest BCUT2D eigenvalue weighted by Gasteiger charge is -2.38. The van der Waals surface area contributed by atoms with Gasteiger partial charge in [-0.05, 0) is 61.9 Å². The molecule has 5 rings (SSSR count). The highest BCUT2D eigenvalue weighted by Crippen LogP contribution is 2.36. The average molecular weight is 425 g/mol. The van der Waals surface area contributed by atoms with Gasteiger partial charge in [-0.25, -0.2) is 4.98 Å². The lowest BCUT2D eigenvalue weighted by molar-refractivity contribution is 0.192. The van der Waals surface area contributed by atoms with Crippen molar-refractivity contribution >= 4 is 27.2 Å². The summed E-state index contributed by atoms with van der Waals surface area (Å²) in [4.78, 5) is 27.9. The number of fused-ring (bicyclic) bond motifs is 3. The molecular formula is C23H28N4O2S. The summed E-state index contributed by atoms with van der Waals surface area (Å²) in [5.41, 5.74) is 2.40. The van der Waals surface area contributed by atoms with Gasteiger partial charge in [-0.1, -0.05) is 6.92 Å². The van der Waals surface area contributed by atoms with Gasteiger partial charge in [0.25, 0.3) is 5.56 Å². The number of aromatic hydroxyl groups is 1. The third-order valence-electron chi connectivity index (χ3n) is 6.66. The van der Waals surface area contributed by atoms with Gasteiger partial charge in [0, 0.05) is 36.7 Å². The van der Waals surface area contributed by atoms with Crippen molar-refractivity contribution in [3.8, 4) is 5.75 Å². The van der Waals surface area contributed by atoms with E-state index in [9.17, 15) is 9.90 Å². The van der Waals surface area contributed by atoms with Crippen LogP contribution in [0.4, 0.5) is 5.69 Å². The molecule has 0 amide bonds. The van der Waals surface area contributed by atoms with Crippen LogP contribution in [0.1, 0.15) is 42.6 Å². The number of aryl methyl sites for hydroxylation is 1. The summed E-state index contributed by atoms with van der Waals surface area (Å²) in [6.45, 7) is 8.05. The highest BCUT2D eigenvalue weighted by molar-refractivity contribution is 7.18. The Bertz CT molecular complexity index is 1110. The monoisotopic (exact) mass is 424 g/mol. The fraction of sp³-hybridized carbons (Fsp3) is 0.478. The van der Waals surface area contributed by atoms with Gasteiger partial charge in [-0.3, -0.25) is 9.69 Å². The van der Waals surface area contributed by atoms with E-state index >= 15 is 0 Å². The van der Waals surface area contributed by atoms with Crippen LogP contribution in [-0.2, 0) is 12.8 Å². The van der Waals surface area contributed by atoms with Crippen LogP contribution in [0.2, 0.25) is 0 Å². The third-order valence-corrected chi connectivity index (χ3v) is 7.80. The number of rotatable bonds is 3. The van der Waals surface area contributed by atoms with E-state index in [-0.39, 0.29) is 11.6 Å². The molecular weight excluding hydrogens is 396 g/mol. The van der Waals surface area contributed by atoms with Crippen molar-refractivity contribution in [1.29, 1.82) is 0 Å². The highest BCUT2D eigenvalue weighted by atomic mass is 32.1. The molecule has 1 aliphatic heterocycles. The summed E-state index contributed by atoms with van der Waals surface area (Å²) in [6, 6.07) is 7.45. The van der Waals surface area contributed by atoms with Crippen LogP contribution in [0.15, 0.2) is 29.1 Å². The molecule has 0 saturated carbocycles. The van der Waals surface area contributed by atoms with Crippen LogP contribution in [0.5, 0.6) is 5.75 Å². The maximum atomic E-state index is 12.9. The van der Waals surface area contributed by atoms with Crippen molar-refractivity contribution in [1.82, 2.24) is 14.9 Å². The normalized spacial score (nSPS) is 21.0.